The average molecular weight is 274 g/mol. The van der Waals surface area contributed by atoms with Crippen LogP contribution in [0.15, 0.2) is 24.3 Å². The molecule has 2 aliphatic heterocycles. The van der Waals surface area contributed by atoms with Crippen LogP contribution in [0.3, 0.4) is 0 Å². The Morgan fingerprint density at radius 1 is 1.06 bits per heavy atom. The summed E-state index contributed by atoms with van der Waals surface area (Å²) in [5, 5.41) is 0. The number of rotatable bonds is 3. The minimum Gasteiger partial charge on any atom is -0.281 e. The summed E-state index contributed by atoms with van der Waals surface area (Å²) in [5.74, 6) is 0. The molecule has 2 atom stereocenters. The van der Waals surface area contributed by atoms with Gasteiger partial charge < -0.3 is 0 Å². The number of alkyl halides is 2. The molecule has 0 saturated carbocycles. The van der Waals surface area contributed by atoms with Crippen LogP contribution in [-0.2, 0) is 0 Å². The van der Waals surface area contributed by atoms with Crippen molar-refractivity contribution >= 4 is 12.4 Å². The Morgan fingerprint density at radius 3 is 2.00 bits per heavy atom. The molecule has 18 heavy (non-hydrogen) atoms. The van der Waals surface area contributed by atoms with E-state index in [1.165, 1.54) is 11.1 Å². The second kappa shape index (κ2) is 5.54. The van der Waals surface area contributed by atoms with E-state index in [9.17, 15) is 8.78 Å². The van der Waals surface area contributed by atoms with Crippen LogP contribution in [0.5, 0.6) is 0 Å². The van der Waals surface area contributed by atoms with Crippen molar-refractivity contribution in [2.45, 2.75) is 37.4 Å². The van der Waals surface area contributed by atoms with Gasteiger partial charge in [0.15, 0.2) is 0 Å². The van der Waals surface area contributed by atoms with E-state index in [0.717, 1.165) is 19.3 Å². The van der Waals surface area contributed by atoms with E-state index >= 15 is 0 Å². The minimum absolute atomic E-state index is 0. The first-order chi connectivity index (χ1) is 8.36. The van der Waals surface area contributed by atoms with Gasteiger partial charge in [0.2, 0.25) is 0 Å². The number of hydrogen-bond donors (Lipinski definition) is 0. The highest BCUT2D eigenvalue weighted by Crippen LogP contribution is 2.51. The molecule has 1 saturated heterocycles. The number of piperidine rings is 1. The van der Waals surface area contributed by atoms with E-state index in [-0.39, 0.29) is 24.5 Å². The third kappa shape index (κ3) is 1.94. The van der Waals surface area contributed by atoms with Gasteiger partial charge in [0.05, 0.1) is 6.04 Å². The van der Waals surface area contributed by atoms with Crippen LogP contribution in [0.1, 0.15) is 42.5 Å². The maximum Gasteiger partial charge on any atom is 0.107 e. The van der Waals surface area contributed by atoms with Gasteiger partial charge >= 0.3 is 0 Å². The summed E-state index contributed by atoms with van der Waals surface area (Å²) in [5.41, 5.74) is 2.59. The topological polar surface area (TPSA) is 3.24 Å². The molecule has 2 bridgehead atoms. The fourth-order valence-corrected chi connectivity index (χ4v) is 3.48. The molecule has 100 valence electrons. The number of fused-ring (bicyclic) bond motifs is 5. The molecule has 1 aromatic rings. The monoisotopic (exact) mass is 273 g/mol. The van der Waals surface area contributed by atoms with Crippen molar-refractivity contribution in [3.63, 3.8) is 0 Å². The quantitative estimate of drug-likeness (QED) is 0.805. The van der Waals surface area contributed by atoms with Gasteiger partial charge in [-0.15, -0.1) is 12.4 Å². The van der Waals surface area contributed by atoms with Crippen molar-refractivity contribution < 1.29 is 8.78 Å². The van der Waals surface area contributed by atoms with Gasteiger partial charge in [0.25, 0.3) is 0 Å². The predicted molar refractivity (Wildman–Crippen MR) is 70.6 cm³/mol. The molecule has 0 radical (unpaired) electrons. The van der Waals surface area contributed by atoms with E-state index in [2.05, 4.69) is 17.0 Å². The number of benzene rings is 1. The van der Waals surface area contributed by atoms with Crippen molar-refractivity contribution in [3.05, 3.63) is 35.4 Å². The summed E-state index contributed by atoms with van der Waals surface area (Å²) in [7, 11) is 0. The lowest BCUT2D eigenvalue weighted by Gasteiger charge is -2.38. The van der Waals surface area contributed by atoms with Crippen LogP contribution in [-0.4, -0.2) is 24.3 Å². The lowest BCUT2D eigenvalue weighted by molar-refractivity contribution is 0.0335. The van der Waals surface area contributed by atoms with Gasteiger partial charge in [0.1, 0.15) is 13.3 Å². The summed E-state index contributed by atoms with van der Waals surface area (Å²) >= 11 is 0. The second-order valence-electron chi connectivity index (χ2n) is 5.00. The molecule has 2 aliphatic rings. The third-order valence-electron chi connectivity index (χ3n) is 4.17. The SMILES string of the molecule is Cl.FCC(CF)N1C2CCCC1c1ccccc12. The van der Waals surface area contributed by atoms with Crippen molar-refractivity contribution in [2.75, 3.05) is 13.3 Å². The van der Waals surface area contributed by atoms with E-state index in [1.807, 2.05) is 12.1 Å². The summed E-state index contributed by atoms with van der Waals surface area (Å²) in [6.07, 6.45) is 3.22. The van der Waals surface area contributed by atoms with Crippen LogP contribution in [0, 0.1) is 0 Å². The normalized spacial score (nSPS) is 25.9. The summed E-state index contributed by atoms with van der Waals surface area (Å²) in [6.45, 7) is -1.17. The third-order valence-corrected chi connectivity index (χ3v) is 4.17. The lowest BCUT2D eigenvalue weighted by atomic mass is 9.98. The molecule has 2 unspecified atom stereocenters. The Hall–Kier alpha value is -0.670. The molecule has 0 N–H and O–H groups in total. The molecule has 1 nitrogen and oxygen atoms in total. The molecule has 0 aliphatic carbocycles. The van der Waals surface area contributed by atoms with Gasteiger partial charge in [-0.1, -0.05) is 24.3 Å². The molecule has 0 aromatic heterocycles. The lowest BCUT2D eigenvalue weighted by Crippen LogP contribution is -2.41. The number of halogens is 3. The molecule has 4 heteroatoms. The standard InChI is InChI=1S/C14H17F2N.ClH/c15-8-10(9-16)17-13-6-3-7-14(17)12-5-2-1-4-11(12)13;/h1-2,4-5,10,13-14H,3,6-9H2;1H. The van der Waals surface area contributed by atoms with Crippen LogP contribution in [0.25, 0.3) is 0 Å². The van der Waals surface area contributed by atoms with E-state index < -0.39 is 19.4 Å². The highest BCUT2D eigenvalue weighted by atomic mass is 35.5. The van der Waals surface area contributed by atoms with Crippen LogP contribution < -0.4 is 0 Å². The zero-order valence-corrected chi connectivity index (χ0v) is 11.0. The average Bonchev–Trinajstić information content (AvgIpc) is 2.57. The molecular weight excluding hydrogens is 256 g/mol. The first-order valence-electron chi connectivity index (χ1n) is 6.35. The number of hydrogen-bond acceptors (Lipinski definition) is 1. The van der Waals surface area contributed by atoms with Crippen molar-refractivity contribution in [1.29, 1.82) is 0 Å². The fraction of sp³-hybridized carbons (Fsp3) is 0.571. The molecule has 2 heterocycles. The Balaban J connectivity index is 0.00000120. The van der Waals surface area contributed by atoms with E-state index in [4.69, 9.17) is 0 Å². The zero-order chi connectivity index (χ0) is 11.8. The van der Waals surface area contributed by atoms with Crippen LogP contribution in [0.4, 0.5) is 8.78 Å². The largest absolute Gasteiger partial charge is 0.281 e. The van der Waals surface area contributed by atoms with Crippen LogP contribution >= 0.6 is 12.4 Å². The molecule has 1 fully saturated rings. The maximum atomic E-state index is 13.0. The zero-order valence-electron chi connectivity index (χ0n) is 10.2. The van der Waals surface area contributed by atoms with Gasteiger partial charge in [-0.05, 0) is 30.4 Å². The molecular formula is C14H18ClF2N. The minimum atomic E-state index is -0.586. The van der Waals surface area contributed by atoms with Crippen LogP contribution in [0.2, 0.25) is 0 Å². The van der Waals surface area contributed by atoms with Gasteiger partial charge in [-0.25, -0.2) is 8.78 Å². The van der Waals surface area contributed by atoms with Crippen molar-refractivity contribution in [2.24, 2.45) is 0 Å². The van der Waals surface area contributed by atoms with Gasteiger partial charge in [0, 0.05) is 12.1 Å². The van der Waals surface area contributed by atoms with Gasteiger partial charge in [-0.2, -0.15) is 0 Å². The summed E-state index contributed by atoms with van der Waals surface area (Å²) in [6, 6.07) is 8.20. The smallest absolute Gasteiger partial charge is 0.107 e. The van der Waals surface area contributed by atoms with E-state index in [1.54, 1.807) is 0 Å². The number of nitrogens with zero attached hydrogens (tertiary/aromatic N) is 1. The highest BCUT2D eigenvalue weighted by molar-refractivity contribution is 5.85. The Kier molecular flexibility index (Phi) is 4.23. The van der Waals surface area contributed by atoms with Crippen molar-refractivity contribution in [3.8, 4) is 0 Å². The second-order valence-corrected chi connectivity index (χ2v) is 5.00. The maximum absolute atomic E-state index is 13.0. The fourth-order valence-electron chi connectivity index (χ4n) is 3.48. The Bertz CT molecular complexity index is 378. The molecule has 3 rings (SSSR count). The van der Waals surface area contributed by atoms with E-state index in [0.29, 0.717) is 0 Å². The Labute approximate surface area is 113 Å². The summed E-state index contributed by atoms with van der Waals surface area (Å²) in [4.78, 5) is 2.08. The van der Waals surface area contributed by atoms with Gasteiger partial charge in [-0.3, -0.25) is 4.90 Å². The van der Waals surface area contributed by atoms with Crippen molar-refractivity contribution in [1.82, 2.24) is 4.90 Å². The first-order valence-corrected chi connectivity index (χ1v) is 6.35. The summed E-state index contributed by atoms with van der Waals surface area (Å²) < 4.78 is 25.9. The molecule has 0 amide bonds. The Morgan fingerprint density at radius 2 is 1.56 bits per heavy atom. The molecule has 1 aromatic carbocycles. The highest BCUT2D eigenvalue weighted by Gasteiger charge is 2.43. The first kappa shape index (κ1) is 13.8. The molecule has 0 spiro atoms. The predicted octanol–water partition coefficient (Wildman–Crippen LogP) is 4.00.